The van der Waals surface area contributed by atoms with Gasteiger partial charge in [0.25, 0.3) is 0 Å². The molecule has 1 unspecified atom stereocenters. The number of phenolic OH excluding ortho intramolecular Hbond substituents is 2. The third-order valence-corrected chi connectivity index (χ3v) is 2.12. The number of hydrogen-bond acceptors (Lipinski definition) is 4. The molecule has 0 spiro atoms. The Morgan fingerprint density at radius 2 is 1.87 bits per heavy atom. The van der Waals surface area contributed by atoms with E-state index >= 15 is 0 Å². The lowest BCUT2D eigenvalue weighted by atomic mass is 10.1. The first kappa shape index (κ1) is 11.8. The highest BCUT2D eigenvalue weighted by atomic mass is 16.3. The van der Waals surface area contributed by atoms with E-state index in [4.69, 9.17) is 5.11 Å². The predicted molar refractivity (Wildman–Crippen MR) is 57.9 cm³/mol. The summed E-state index contributed by atoms with van der Waals surface area (Å²) in [5, 5.41) is 30.8. The van der Waals surface area contributed by atoms with Crippen molar-refractivity contribution in [1.29, 1.82) is 0 Å². The SMILES string of the molecule is CC(C)NC(CO)c1ccc(O)c(O)c1. The molecule has 4 nitrogen and oxygen atoms in total. The molecule has 15 heavy (non-hydrogen) atoms. The van der Waals surface area contributed by atoms with Crippen LogP contribution in [-0.4, -0.2) is 28.0 Å². The van der Waals surface area contributed by atoms with Crippen LogP contribution >= 0.6 is 0 Å². The molecule has 4 N–H and O–H groups in total. The Balaban J connectivity index is 2.87. The summed E-state index contributed by atoms with van der Waals surface area (Å²) in [4.78, 5) is 0. The van der Waals surface area contributed by atoms with Crippen molar-refractivity contribution in [2.24, 2.45) is 0 Å². The van der Waals surface area contributed by atoms with Crippen LogP contribution in [-0.2, 0) is 0 Å². The zero-order chi connectivity index (χ0) is 11.4. The average molecular weight is 211 g/mol. The Morgan fingerprint density at radius 3 is 2.33 bits per heavy atom. The van der Waals surface area contributed by atoms with E-state index in [2.05, 4.69) is 5.32 Å². The molecule has 0 fully saturated rings. The molecule has 1 rings (SSSR count). The van der Waals surface area contributed by atoms with Crippen LogP contribution in [0.25, 0.3) is 0 Å². The maximum absolute atomic E-state index is 9.32. The first-order valence-electron chi connectivity index (χ1n) is 4.93. The van der Waals surface area contributed by atoms with Gasteiger partial charge < -0.3 is 20.6 Å². The molecule has 0 aliphatic rings. The van der Waals surface area contributed by atoms with Gasteiger partial charge in [0.2, 0.25) is 0 Å². The molecule has 0 amide bonds. The normalized spacial score (nSPS) is 13.1. The fraction of sp³-hybridized carbons (Fsp3) is 0.455. The van der Waals surface area contributed by atoms with E-state index in [0.29, 0.717) is 0 Å². The topological polar surface area (TPSA) is 72.7 Å². The minimum atomic E-state index is -0.225. The molecule has 0 bridgehead atoms. The second-order valence-corrected chi connectivity index (χ2v) is 3.80. The average Bonchev–Trinajstić information content (AvgIpc) is 2.18. The van der Waals surface area contributed by atoms with Gasteiger partial charge in [0.15, 0.2) is 11.5 Å². The first-order chi connectivity index (χ1) is 7.04. The quantitative estimate of drug-likeness (QED) is 0.563. The smallest absolute Gasteiger partial charge is 0.157 e. The fourth-order valence-electron chi connectivity index (χ4n) is 1.41. The molecule has 0 aliphatic carbocycles. The first-order valence-corrected chi connectivity index (χ1v) is 4.93. The Kier molecular flexibility index (Phi) is 3.94. The van der Waals surface area contributed by atoms with Gasteiger partial charge in [0.1, 0.15) is 0 Å². The van der Waals surface area contributed by atoms with Gasteiger partial charge in [-0.25, -0.2) is 0 Å². The zero-order valence-electron chi connectivity index (χ0n) is 8.94. The van der Waals surface area contributed by atoms with Crippen molar-refractivity contribution >= 4 is 0 Å². The maximum atomic E-state index is 9.32. The van der Waals surface area contributed by atoms with Crippen LogP contribution in [0.15, 0.2) is 18.2 Å². The molecule has 0 aliphatic heterocycles. The molecule has 0 saturated heterocycles. The molecule has 1 aromatic rings. The third kappa shape index (κ3) is 3.11. The maximum Gasteiger partial charge on any atom is 0.157 e. The van der Waals surface area contributed by atoms with Gasteiger partial charge in [-0.05, 0) is 17.7 Å². The fourth-order valence-corrected chi connectivity index (χ4v) is 1.41. The molecule has 4 heteroatoms. The molecule has 1 aromatic carbocycles. The molecule has 0 heterocycles. The summed E-state index contributed by atoms with van der Waals surface area (Å²) in [5.74, 6) is -0.323. The van der Waals surface area contributed by atoms with Crippen molar-refractivity contribution in [2.75, 3.05) is 6.61 Å². The third-order valence-electron chi connectivity index (χ3n) is 2.12. The van der Waals surface area contributed by atoms with E-state index in [0.717, 1.165) is 5.56 Å². The van der Waals surface area contributed by atoms with Crippen molar-refractivity contribution in [2.45, 2.75) is 25.9 Å². The summed E-state index contributed by atoms with van der Waals surface area (Å²) < 4.78 is 0. The van der Waals surface area contributed by atoms with E-state index < -0.39 is 0 Å². The summed E-state index contributed by atoms with van der Waals surface area (Å²) in [6.45, 7) is 3.90. The van der Waals surface area contributed by atoms with Gasteiger partial charge >= 0.3 is 0 Å². The Hall–Kier alpha value is -1.26. The van der Waals surface area contributed by atoms with Gasteiger partial charge in [-0.1, -0.05) is 19.9 Å². The number of hydrogen-bond donors (Lipinski definition) is 4. The molecule has 1 atom stereocenters. The number of aliphatic hydroxyl groups is 1. The van der Waals surface area contributed by atoms with E-state index in [-0.39, 0.29) is 30.2 Å². The molecule has 0 saturated carbocycles. The van der Waals surface area contributed by atoms with E-state index in [1.54, 1.807) is 6.07 Å². The van der Waals surface area contributed by atoms with E-state index in [9.17, 15) is 10.2 Å². The molecular formula is C11H17NO3. The number of nitrogens with one attached hydrogen (secondary N) is 1. The van der Waals surface area contributed by atoms with Crippen LogP contribution in [0.5, 0.6) is 11.5 Å². The largest absolute Gasteiger partial charge is 0.504 e. The van der Waals surface area contributed by atoms with Crippen LogP contribution in [0.3, 0.4) is 0 Å². The molecule has 84 valence electrons. The lowest BCUT2D eigenvalue weighted by Crippen LogP contribution is -2.30. The Bertz CT molecular complexity index is 326. The highest BCUT2D eigenvalue weighted by molar-refractivity contribution is 5.41. The molecular weight excluding hydrogens is 194 g/mol. The summed E-state index contributed by atoms with van der Waals surface area (Å²) in [7, 11) is 0. The minimum absolute atomic E-state index is 0.0532. The summed E-state index contributed by atoms with van der Waals surface area (Å²) in [6, 6.07) is 4.54. The highest BCUT2D eigenvalue weighted by Crippen LogP contribution is 2.27. The summed E-state index contributed by atoms with van der Waals surface area (Å²) >= 11 is 0. The van der Waals surface area contributed by atoms with Crippen LogP contribution in [0.4, 0.5) is 0 Å². The Morgan fingerprint density at radius 1 is 1.20 bits per heavy atom. The number of rotatable bonds is 4. The lowest BCUT2D eigenvalue weighted by Gasteiger charge is -2.19. The summed E-state index contributed by atoms with van der Waals surface area (Å²) in [5.41, 5.74) is 0.751. The van der Waals surface area contributed by atoms with Crippen LogP contribution in [0.2, 0.25) is 0 Å². The minimum Gasteiger partial charge on any atom is -0.504 e. The van der Waals surface area contributed by atoms with E-state index in [1.165, 1.54) is 12.1 Å². The van der Waals surface area contributed by atoms with Crippen molar-refractivity contribution in [3.63, 3.8) is 0 Å². The van der Waals surface area contributed by atoms with E-state index in [1.807, 2.05) is 13.8 Å². The van der Waals surface area contributed by atoms with Gasteiger partial charge in [0.05, 0.1) is 12.6 Å². The number of aliphatic hydroxyl groups excluding tert-OH is 1. The zero-order valence-corrected chi connectivity index (χ0v) is 8.94. The standard InChI is InChI=1S/C11H17NO3/c1-7(2)12-9(6-13)8-3-4-10(14)11(15)5-8/h3-5,7,9,12-15H,6H2,1-2H3. The monoisotopic (exact) mass is 211 g/mol. The number of aromatic hydroxyl groups is 2. The van der Waals surface area contributed by atoms with Crippen molar-refractivity contribution in [3.8, 4) is 11.5 Å². The van der Waals surface area contributed by atoms with Crippen LogP contribution < -0.4 is 5.32 Å². The van der Waals surface area contributed by atoms with Crippen molar-refractivity contribution in [1.82, 2.24) is 5.32 Å². The van der Waals surface area contributed by atoms with Crippen molar-refractivity contribution < 1.29 is 15.3 Å². The van der Waals surface area contributed by atoms with Gasteiger partial charge in [-0.3, -0.25) is 0 Å². The predicted octanol–water partition coefficient (Wildman–Crippen LogP) is 1.13. The summed E-state index contributed by atoms with van der Waals surface area (Å²) in [6.07, 6.45) is 0. The second kappa shape index (κ2) is 5.00. The number of phenols is 2. The van der Waals surface area contributed by atoms with Gasteiger partial charge in [-0.2, -0.15) is 0 Å². The van der Waals surface area contributed by atoms with Crippen LogP contribution in [0.1, 0.15) is 25.5 Å². The lowest BCUT2D eigenvalue weighted by molar-refractivity contribution is 0.237. The van der Waals surface area contributed by atoms with Crippen LogP contribution in [0, 0.1) is 0 Å². The number of benzene rings is 1. The molecule has 0 aromatic heterocycles. The highest BCUT2D eigenvalue weighted by Gasteiger charge is 2.12. The van der Waals surface area contributed by atoms with Gasteiger partial charge in [-0.15, -0.1) is 0 Å². The van der Waals surface area contributed by atoms with Crippen molar-refractivity contribution in [3.05, 3.63) is 23.8 Å². The second-order valence-electron chi connectivity index (χ2n) is 3.80. The molecule has 0 radical (unpaired) electrons. The Labute approximate surface area is 89.2 Å². The van der Waals surface area contributed by atoms with Gasteiger partial charge in [0, 0.05) is 6.04 Å².